The van der Waals surface area contributed by atoms with E-state index in [-0.39, 0.29) is 17.4 Å². The minimum atomic E-state index is 0.0380. The van der Waals surface area contributed by atoms with Gasteiger partial charge in [0.25, 0.3) is 5.91 Å². The molecule has 28 heavy (non-hydrogen) atoms. The number of carbonyl (C=O) groups is 1. The molecule has 1 amide bonds. The van der Waals surface area contributed by atoms with Crippen molar-refractivity contribution in [3.05, 3.63) is 65.0 Å². The van der Waals surface area contributed by atoms with Gasteiger partial charge < -0.3 is 9.88 Å². The second kappa shape index (κ2) is 5.93. The van der Waals surface area contributed by atoms with Gasteiger partial charge in [0, 0.05) is 18.2 Å². The highest BCUT2D eigenvalue weighted by Gasteiger charge is 2.49. The molecule has 1 aliphatic heterocycles. The number of fused-ring (bicyclic) bond motifs is 5. The second-order valence-corrected chi connectivity index (χ2v) is 8.34. The zero-order valence-corrected chi connectivity index (χ0v) is 16.1. The van der Waals surface area contributed by atoms with Gasteiger partial charge in [-0.3, -0.25) is 4.79 Å². The zero-order chi connectivity index (χ0) is 19.5. The Morgan fingerprint density at radius 2 is 2.18 bits per heavy atom. The van der Waals surface area contributed by atoms with Gasteiger partial charge in [0.2, 0.25) is 0 Å². The summed E-state index contributed by atoms with van der Waals surface area (Å²) in [7, 11) is 0. The van der Waals surface area contributed by atoms with Crippen LogP contribution in [0, 0.1) is 17.2 Å². The van der Waals surface area contributed by atoms with E-state index in [9.17, 15) is 10.1 Å². The molecule has 140 valence electrons. The molecule has 2 bridgehead atoms. The van der Waals surface area contributed by atoms with Crippen LogP contribution < -0.4 is 0 Å². The van der Waals surface area contributed by atoms with Gasteiger partial charge in [0.15, 0.2) is 0 Å². The van der Waals surface area contributed by atoms with Crippen molar-refractivity contribution in [2.24, 2.45) is 5.92 Å². The number of nitrogens with zero attached hydrogens (tertiary/aromatic N) is 3. The lowest BCUT2D eigenvalue weighted by Gasteiger charge is -2.54. The summed E-state index contributed by atoms with van der Waals surface area (Å²) in [6.45, 7) is 5.33. The third kappa shape index (κ3) is 2.31. The van der Waals surface area contributed by atoms with Crippen LogP contribution in [0.2, 0.25) is 0 Å². The Labute approximate surface area is 164 Å². The molecule has 5 heteroatoms. The second-order valence-electron chi connectivity index (χ2n) is 8.34. The standard InChI is InChI=1S/C23H22N4O/c1-14-21-11-17-9-15(12-24)3-5-18(17)23(14,2)7-8-27(21)22(28)16-4-6-19-20(10-16)26-13-25-19/h3-6,9-10,13-14,21H,7-8,11H2,1-2H3,(H,25,26)/t14?,21?,23-/m1/s1. The molecule has 3 aromatic rings. The summed E-state index contributed by atoms with van der Waals surface area (Å²) in [6, 6.07) is 14.1. The number of H-pyrrole nitrogens is 1. The van der Waals surface area contributed by atoms with Crippen LogP contribution in [0.3, 0.4) is 0 Å². The van der Waals surface area contributed by atoms with Gasteiger partial charge >= 0.3 is 0 Å². The largest absolute Gasteiger partial charge is 0.345 e. The molecule has 0 radical (unpaired) electrons. The molecule has 2 unspecified atom stereocenters. The number of aromatic amines is 1. The molecule has 1 N–H and O–H groups in total. The first-order chi connectivity index (χ1) is 13.5. The van der Waals surface area contributed by atoms with Gasteiger partial charge in [-0.1, -0.05) is 19.9 Å². The number of carbonyl (C=O) groups excluding carboxylic acids is 1. The van der Waals surface area contributed by atoms with Gasteiger partial charge in [-0.05, 0) is 65.6 Å². The van der Waals surface area contributed by atoms with Crippen molar-refractivity contribution in [1.29, 1.82) is 5.26 Å². The minimum Gasteiger partial charge on any atom is -0.345 e. The highest BCUT2D eigenvalue weighted by Crippen LogP contribution is 2.49. The first kappa shape index (κ1) is 17.0. The van der Waals surface area contributed by atoms with Crippen LogP contribution in [0.1, 0.15) is 47.3 Å². The van der Waals surface area contributed by atoms with E-state index in [4.69, 9.17) is 0 Å². The van der Waals surface area contributed by atoms with Crippen LogP contribution in [0.5, 0.6) is 0 Å². The predicted molar refractivity (Wildman–Crippen MR) is 107 cm³/mol. The van der Waals surface area contributed by atoms with E-state index in [0.717, 1.165) is 30.4 Å². The molecule has 1 aliphatic carbocycles. The van der Waals surface area contributed by atoms with Crippen LogP contribution in [-0.2, 0) is 11.8 Å². The predicted octanol–water partition coefficient (Wildman–Crippen LogP) is 3.80. The van der Waals surface area contributed by atoms with Gasteiger partial charge in [-0.15, -0.1) is 0 Å². The fourth-order valence-corrected chi connectivity index (χ4v) is 5.21. The molecule has 2 heterocycles. The molecule has 1 aromatic heterocycles. The van der Waals surface area contributed by atoms with Gasteiger partial charge in [-0.25, -0.2) is 4.98 Å². The van der Waals surface area contributed by atoms with Gasteiger partial charge in [0.05, 0.1) is 29.0 Å². The van der Waals surface area contributed by atoms with Crippen LogP contribution >= 0.6 is 0 Å². The molecule has 5 nitrogen and oxygen atoms in total. The molecule has 1 fully saturated rings. The molecular formula is C23H22N4O. The van der Waals surface area contributed by atoms with Crippen LogP contribution in [0.15, 0.2) is 42.7 Å². The number of imidazole rings is 1. The highest BCUT2D eigenvalue weighted by atomic mass is 16.2. The lowest BCUT2D eigenvalue weighted by molar-refractivity contribution is 0.0251. The van der Waals surface area contributed by atoms with Crippen LogP contribution in [-0.4, -0.2) is 33.4 Å². The van der Waals surface area contributed by atoms with E-state index in [1.54, 1.807) is 6.33 Å². The third-order valence-corrected chi connectivity index (χ3v) is 7.06. The fourth-order valence-electron chi connectivity index (χ4n) is 5.21. The average molecular weight is 370 g/mol. The van der Waals surface area contributed by atoms with Crippen molar-refractivity contribution in [3.63, 3.8) is 0 Å². The monoisotopic (exact) mass is 370 g/mol. The maximum Gasteiger partial charge on any atom is 0.254 e. The lowest BCUT2D eigenvalue weighted by Crippen LogP contribution is -2.59. The number of likely N-dealkylation sites (tertiary alicyclic amines) is 1. The Hall–Kier alpha value is -3.13. The third-order valence-electron chi connectivity index (χ3n) is 7.06. The first-order valence-electron chi connectivity index (χ1n) is 9.79. The van der Waals surface area contributed by atoms with Crippen molar-refractivity contribution in [2.75, 3.05) is 6.54 Å². The summed E-state index contributed by atoms with van der Waals surface area (Å²) in [4.78, 5) is 22.8. The van der Waals surface area contributed by atoms with E-state index >= 15 is 0 Å². The topological polar surface area (TPSA) is 72.8 Å². The maximum atomic E-state index is 13.4. The van der Waals surface area contributed by atoms with Gasteiger partial charge in [0.1, 0.15) is 0 Å². The summed E-state index contributed by atoms with van der Waals surface area (Å²) in [6.07, 6.45) is 3.39. The fraction of sp³-hybridized carbons (Fsp3) is 0.348. The number of aromatic nitrogens is 2. The Morgan fingerprint density at radius 1 is 1.32 bits per heavy atom. The van der Waals surface area contributed by atoms with Crippen molar-refractivity contribution in [1.82, 2.24) is 14.9 Å². The van der Waals surface area contributed by atoms with Crippen molar-refractivity contribution in [2.45, 2.75) is 38.1 Å². The van der Waals surface area contributed by atoms with E-state index in [1.807, 2.05) is 35.2 Å². The van der Waals surface area contributed by atoms with Crippen LogP contribution in [0.25, 0.3) is 11.0 Å². The first-order valence-corrected chi connectivity index (χ1v) is 9.79. The molecule has 1 saturated heterocycles. The molecule has 0 spiro atoms. The Kier molecular flexibility index (Phi) is 3.60. The Bertz CT molecular complexity index is 1140. The van der Waals surface area contributed by atoms with Crippen molar-refractivity contribution >= 4 is 16.9 Å². The van der Waals surface area contributed by atoms with E-state index in [0.29, 0.717) is 17.0 Å². The Balaban J connectivity index is 1.53. The summed E-state index contributed by atoms with van der Waals surface area (Å²) >= 11 is 0. The number of piperidine rings is 1. The number of nitrogens with one attached hydrogen (secondary N) is 1. The molecule has 0 saturated carbocycles. The normalized spacial score (nSPS) is 26.0. The number of hydrogen-bond donors (Lipinski definition) is 1. The molecule has 3 atom stereocenters. The number of rotatable bonds is 1. The van der Waals surface area contributed by atoms with Crippen molar-refractivity contribution < 1.29 is 4.79 Å². The number of hydrogen-bond acceptors (Lipinski definition) is 3. The van der Waals surface area contributed by atoms with Crippen LogP contribution in [0.4, 0.5) is 0 Å². The van der Waals surface area contributed by atoms with Gasteiger partial charge in [-0.2, -0.15) is 5.26 Å². The van der Waals surface area contributed by atoms with E-state index < -0.39 is 0 Å². The van der Waals surface area contributed by atoms with Crippen molar-refractivity contribution in [3.8, 4) is 6.07 Å². The summed E-state index contributed by atoms with van der Waals surface area (Å²) < 4.78 is 0. The molecule has 5 rings (SSSR count). The Morgan fingerprint density at radius 3 is 3.00 bits per heavy atom. The minimum absolute atomic E-state index is 0.0380. The number of amides is 1. The molecule has 2 aromatic carbocycles. The highest BCUT2D eigenvalue weighted by molar-refractivity contribution is 5.97. The SMILES string of the molecule is CC1C2Cc3cc(C#N)ccc3[C@]1(C)CCN2C(=O)c1ccc2nc[nH]c2c1. The zero-order valence-electron chi connectivity index (χ0n) is 16.1. The van der Waals surface area contributed by atoms with E-state index in [1.165, 1.54) is 11.1 Å². The summed E-state index contributed by atoms with van der Waals surface area (Å²) in [5.41, 5.74) is 5.74. The molecular weight excluding hydrogens is 348 g/mol. The molecule has 2 aliphatic rings. The summed E-state index contributed by atoms with van der Waals surface area (Å²) in [5.74, 6) is 0.441. The number of nitriles is 1. The maximum absolute atomic E-state index is 13.4. The number of benzene rings is 2. The summed E-state index contributed by atoms with van der Waals surface area (Å²) in [5, 5.41) is 9.29. The quantitative estimate of drug-likeness (QED) is 0.708. The van der Waals surface area contributed by atoms with E-state index in [2.05, 4.69) is 36.0 Å². The lowest BCUT2D eigenvalue weighted by atomic mass is 9.59. The smallest absolute Gasteiger partial charge is 0.254 e. The average Bonchev–Trinajstić information content (AvgIpc) is 3.17.